The van der Waals surface area contributed by atoms with Gasteiger partial charge in [0, 0.05) is 25.6 Å². The van der Waals surface area contributed by atoms with Crippen LogP contribution in [0, 0.1) is 0 Å². The molecule has 0 aromatic carbocycles. The highest BCUT2D eigenvalue weighted by molar-refractivity contribution is 5.90. The van der Waals surface area contributed by atoms with Gasteiger partial charge in [-0.15, -0.1) is 0 Å². The van der Waals surface area contributed by atoms with Crippen molar-refractivity contribution < 1.29 is 9.59 Å². The van der Waals surface area contributed by atoms with E-state index in [1.807, 2.05) is 9.80 Å². The highest BCUT2D eigenvalue weighted by atomic mass is 16.2. The first-order chi connectivity index (χ1) is 8.77. The summed E-state index contributed by atoms with van der Waals surface area (Å²) in [6.07, 6.45) is 9.64. The minimum absolute atomic E-state index is 0.168. The van der Waals surface area contributed by atoms with E-state index in [0.717, 1.165) is 38.6 Å². The van der Waals surface area contributed by atoms with Crippen molar-refractivity contribution in [1.29, 1.82) is 0 Å². The number of carbonyl (C=O) groups excluding carboxylic acids is 2. The Bertz CT molecular complexity index is 383. The molecule has 0 saturated carbocycles. The Morgan fingerprint density at radius 3 is 2.56 bits per heavy atom. The van der Waals surface area contributed by atoms with E-state index in [-0.39, 0.29) is 17.9 Å². The number of fused-ring (bicyclic) bond motifs is 1. The smallest absolute Gasteiger partial charge is 0.245 e. The summed E-state index contributed by atoms with van der Waals surface area (Å²) in [5.41, 5.74) is 0. The third-order valence-corrected chi connectivity index (χ3v) is 4.38. The molecule has 2 amide bonds. The van der Waals surface area contributed by atoms with Crippen LogP contribution in [0.2, 0.25) is 0 Å². The quantitative estimate of drug-likeness (QED) is 0.657. The predicted molar refractivity (Wildman–Crippen MR) is 67.8 cm³/mol. The number of piperidine rings is 1. The van der Waals surface area contributed by atoms with Crippen LogP contribution in [0.5, 0.6) is 0 Å². The molecule has 4 heteroatoms. The average molecular weight is 248 g/mol. The zero-order valence-electron chi connectivity index (χ0n) is 10.7. The van der Waals surface area contributed by atoms with E-state index in [2.05, 4.69) is 12.2 Å². The fourth-order valence-electron chi connectivity index (χ4n) is 3.37. The normalized spacial score (nSPS) is 29.7. The molecule has 2 saturated heterocycles. The molecule has 1 atom stereocenters. The number of hydrogen-bond donors (Lipinski definition) is 0. The fourth-order valence-corrected chi connectivity index (χ4v) is 3.37. The summed E-state index contributed by atoms with van der Waals surface area (Å²) in [5.74, 6) is 0.357. The van der Waals surface area contributed by atoms with Gasteiger partial charge in [-0.25, -0.2) is 0 Å². The highest BCUT2D eigenvalue weighted by Crippen LogP contribution is 2.26. The van der Waals surface area contributed by atoms with Crippen molar-refractivity contribution in [3.05, 3.63) is 12.2 Å². The topological polar surface area (TPSA) is 40.6 Å². The Labute approximate surface area is 108 Å². The van der Waals surface area contributed by atoms with Gasteiger partial charge in [-0.1, -0.05) is 12.2 Å². The largest absolute Gasteiger partial charge is 0.337 e. The van der Waals surface area contributed by atoms with Crippen molar-refractivity contribution in [2.45, 2.75) is 50.6 Å². The van der Waals surface area contributed by atoms with Crippen LogP contribution < -0.4 is 0 Å². The minimum atomic E-state index is -0.172. The van der Waals surface area contributed by atoms with Crippen LogP contribution in [0.25, 0.3) is 0 Å². The summed E-state index contributed by atoms with van der Waals surface area (Å²) in [6, 6.07) is 0.126. The van der Waals surface area contributed by atoms with Gasteiger partial charge in [0.1, 0.15) is 6.04 Å². The second-order valence-electron chi connectivity index (χ2n) is 5.48. The first-order valence-corrected chi connectivity index (χ1v) is 7.02. The summed E-state index contributed by atoms with van der Waals surface area (Å²) in [5, 5.41) is 0. The van der Waals surface area contributed by atoms with Gasteiger partial charge >= 0.3 is 0 Å². The first kappa shape index (κ1) is 11.8. The van der Waals surface area contributed by atoms with Gasteiger partial charge < -0.3 is 9.80 Å². The standard InChI is InChI=1S/C14H20N2O2/c17-13-8-10-15(11-5-1-2-6-11)14(18)12-7-3-4-9-16(12)13/h1-2,11-12H,3-10H2. The fraction of sp³-hybridized carbons (Fsp3) is 0.714. The number of amides is 2. The third-order valence-electron chi connectivity index (χ3n) is 4.38. The lowest BCUT2D eigenvalue weighted by Crippen LogP contribution is -2.51. The van der Waals surface area contributed by atoms with Gasteiger partial charge in [-0.05, 0) is 32.1 Å². The molecule has 2 heterocycles. The molecule has 1 unspecified atom stereocenters. The lowest BCUT2D eigenvalue weighted by atomic mass is 10.0. The van der Waals surface area contributed by atoms with Crippen LogP contribution in [-0.4, -0.2) is 46.8 Å². The van der Waals surface area contributed by atoms with E-state index in [1.54, 1.807) is 0 Å². The second kappa shape index (κ2) is 4.75. The maximum atomic E-state index is 12.6. The first-order valence-electron chi connectivity index (χ1n) is 7.02. The molecule has 98 valence electrons. The molecule has 0 N–H and O–H groups in total. The van der Waals surface area contributed by atoms with Crippen LogP contribution in [0.3, 0.4) is 0 Å². The molecule has 0 bridgehead atoms. The Morgan fingerprint density at radius 1 is 1.00 bits per heavy atom. The van der Waals surface area contributed by atoms with Crippen LogP contribution in [0.1, 0.15) is 38.5 Å². The van der Waals surface area contributed by atoms with E-state index in [9.17, 15) is 9.59 Å². The molecule has 2 fully saturated rings. The molecule has 0 radical (unpaired) electrons. The molecule has 3 aliphatic rings. The van der Waals surface area contributed by atoms with Gasteiger partial charge in [-0.2, -0.15) is 0 Å². The Kier molecular flexibility index (Phi) is 3.10. The number of hydrogen-bond acceptors (Lipinski definition) is 2. The van der Waals surface area contributed by atoms with Gasteiger partial charge in [0.25, 0.3) is 0 Å². The second-order valence-corrected chi connectivity index (χ2v) is 5.48. The molecule has 2 aliphatic heterocycles. The van der Waals surface area contributed by atoms with E-state index in [4.69, 9.17) is 0 Å². The van der Waals surface area contributed by atoms with E-state index in [0.29, 0.717) is 19.0 Å². The molecular weight excluding hydrogens is 228 g/mol. The number of carbonyl (C=O) groups is 2. The lowest BCUT2D eigenvalue weighted by Gasteiger charge is -2.36. The Hall–Kier alpha value is -1.32. The molecule has 0 spiro atoms. The van der Waals surface area contributed by atoms with Crippen molar-refractivity contribution in [2.75, 3.05) is 13.1 Å². The maximum absolute atomic E-state index is 12.6. The van der Waals surface area contributed by atoms with Crippen molar-refractivity contribution in [3.8, 4) is 0 Å². The van der Waals surface area contributed by atoms with Crippen molar-refractivity contribution in [1.82, 2.24) is 9.80 Å². The summed E-state index contributed by atoms with van der Waals surface area (Å²) >= 11 is 0. The van der Waals surface area contributed by atoms with Crippen LogP contribution in [0.15, 0.2) is 12.2 Å². The number of nitrogens with zero attached hydrogens (tertiary/aromatic N) is 2. The van der Waals surface area contributed by atoms with E-state index in [1.165, 1.54) is 0 Å². The monoisotopic (exact) mass is 248 g/mol. The maximum Gasteiger partial charge on any atom is 0.245 e. The summed E-state index contributed by atoms with van der Waals surface area (Å²) < 4.78 is 0. The van der Waals surface area contributed by atoms with Gasteiger partial charge in [0.2, 0.25) is 11.8 Å². The van der Waals surface area contributed by atoms with E-state index >= 15 is 0 Å². The molecular formula is C14H20N2O2. The SMILES string of the molecule is O=C1C2CCCCN2C(=O)CCN1C1CC=CC1. The molecule has 1 aliphatic carbocycles. The van der Waals surface area contributed by atoms with Gasteiger partial charge in [-0.3, -0.25) is 9.59 Å². The minimum Gasteiger partial charge on any atom is -0.337 e. The van der Waals surface area contributed by atoms with Gasteiger partial charge in [0.05, 0.1) is 0 Å². The van der Waals surface area contributed by atoms with Crippen molar-refractivity contribution in [3.63, 3.8) is 0 Å². The Morgan fingerprint density at radius 2 is 1.78 bits per heavy atom. The average Bonchev–Trinajstić information content (AvgIpc) is 2.88. The molecule has 4 nitrogen and oxygen atoms in total. The van der Waals surface area contributed by atoms with Crippen molar-refractivity contribution >= 4 is 11.8 Å². The molecule has 3 rings (SSSR count). The summed E-state index contributed by atoms with van der Waals surface area (Å²) in [4.78, 5) is 28.5. The molecule has 0 aromatic rings. The third kappa shape index (κ3) is 1.93. The van der Waals surface area contributed by atoms with Crippen LogP contribution in [-0.2, 0) is 9.59 Å². The van der Waals surface area contributed by atoms with Crippen LogP contribution in [0.4, 0.5) is 0 Å². The van der Waals surface area contributed by atoms with Crippen molar-refractivity contribution in [2.24, 2.45) is 0 Å². The summed E-state index contributed by atoms with van der Waals surface area (Å²) in [7, 11) is 0. The predicted octanol–water partition coefficient (Wildman–Crippen LogP) is 1.32. The zero-order chi connectivity index (χ0) is 12.5. The zero-order valence-corrected chi connectivity index (χ0v) is 10.7. The van der Waals surface area contributed by atoms with Gasteiger partial charge in [0.15, 0.2) is 0 Å². The van der Waals surface area contributed by atoms with E-state index < -0.39 is 0 Å². The molecule has 0 aromatic heterocycles. The summed E-state index contributed by atoms with van der Waals surface area (Å²) in [6.45, 7) is 1.38. The highest BCUT2D eigenvalue weighted by Gasteiger charge is 2.39. The van der Waals surface area contributed by atoms with Crippen LogP contribution >= 0.6 is 0 Å². The number of rotatable bonds is 1. The lowest BCUT2D eigenvalue weighted by molar-refractivity contribution is -0.144. The Balaban J connectivity index is 1.81. The molecule has 18 heavy (non-hydrogen) atoms.